The third-order valence-corrected chi connectivity index (χ3v) is 3.41. The van der Waals surface area contributed by atoms with E-state index < -0.39 is 15.7 Å². The first-order chi connectivity index (χ1) is 7.06. The van der Waals surface area contributed by atoms with Crippen LogP contribution < -0.4 is 0 Å². The normalized spacial score (nSPS) is 11.0. The standard InChI is InChI=1S/C9H9FO4S/c10-8-1-3-9(4-2-8)15(12,13)6-5-14-7-11/h1-4,7H,5-6H2. The summed E-state index contributed by atoms with van der Waals surface area (Å²) in [5.41, 5.74) is 0. The summed E-state index contributed by atoms with van der Waals surface area (Å²) in [7, 11) is -3.50. The van der Waals surface area contributed by atoms with Gasteiger partial charge in [-0.05, 0) is 24.3 Å². The van der Waals surface area contributed by atoms with Crippen molar-refractivity contribution in [2.24, 2.45) is 0 Å². The Kier molecular flexibility index (Phi) is 3.79. The van der Waals surface area contributed by atoms with Crippen molar-refractivity contribution in [2.45, 2.75) is 4.90 Å². The SMILES string of the molecule is O=COCCS(=O)(=O)c1ccc(F)cc1. The Labute approximate surface area is 86.6 Å². The third kappa shape index (κ3) is 3.32. The maximum Gasteiger partial charge on any atom is 0.293 e. The fraction of sp³-hybridized carbons (Fsp3) is 0.222. The molecule has 0 fully saturated rings. The molecule has 0 spiro atoms. The predicted octanol–water partition coefficient (Wildman–Crippen LogP) is 0.772. The molecule has 0 saturated heterocycles. The molecule has 0 aromatic heterocycles. The van der Waals surface area contributed by atoms with Crippen LogP contribution in [-0.4, -0.2) is 27.2 Å². The number of hydrogen-bond acceptors (Lipinski definition) is 4. The topological polar surface area (TPSA) is 60.4 Å². The molecule has 0 atom stereocenters. The molecular formula is C9H9FO4S. The number of carbonyl (C=O) groups is 1. The average Bonchev–Trinajstić information content (AvgIpc) is 2.18. The second-order valence-corrected chi connectivity index (χ2v) is 4.85. The second kappa shape index (κ2) is 4.88. The summed E-state index contributed by atoms with van der Waals surface area (Å²) in [6, 6.07) is 4.47. The van der Waals surface area contributed by atoms with E-state index in [9.17, 15) is 17.6 Å². The molecule has 6 heteroatoms. The van der Waals surface area contributed by atoms with Crippen molar-refractivity contribution in [1.82, 2.24) is 0 Å². The highest BCUT2D eigenvalue weighted by molar-refractivity contribution is 7.91. The molecule has 1 aromatic carbocycles. The molecule has 0 saturated carbocycles. The highest BCUT2D eigenvalue weighted by Crippen LogP contribution is 2.11. The zero-order chi connectivity index (χ0) is 11.3. The van der Waals surface area contributed by atoms with Crippen LogP contribution in [-0.2, 0) is 19.4 Å². The fourth-order valence-electron chi connectivity index (χ4n) is 0.966. The molecule has 82 valence electrons. The van der Waals surface area contributed by atoms with Gasteiger partial charge in [0.25, 0.3) is 6.47 Å². The number of halogens is 1. The second-order valence-electron chi connectivity index (χ2n) is 2.74. The van der Waals surface area contributed by atoms with Crippen molar-refractivity contribution in [3.05, 3.63) is 30.1 Å². The molecule has 0 aliphatic rings. The summed E-state index contributed by atoms with van der Waals surface area (Å²) < 4.78 is 39.8. The van der Waals surface area contributed by atoms with Gasteiger partial charge in [-0.2, -0.15) is 0 Å². The molecular weight excluding hydrogens is 223 g/mol. The smallest absolute Gasteiger partial charge is 0.293 e. The van der Waals surface area contributed by atoms with Gasteiger partial charge in [-0.3, -0.25) is 4.79 Å². The molecule has 0 heterocycles. The van der Waals surface area contributed by atoms with Crippen LogP contribution in [0.25, 0.3) is 0 Å². The van der Waals surface area contributed by atoms with E-state index in [1.807, 2.05) is 0 Å². The minimum atomic E-state index is -3.50. The van der Waals surface area contributed by atoms with Crippen molar-refractivity contribution in [3.8, 4) is 0 Å². The fourth-order valence-corrected chi connectivity index (χ4v) is 2.07. The van der Waals surface area contributed by atoms with Crippen LogP contribution in [0, 0.1) is 5.82 Å². The van der Waals surface area contributed by atoms with E-state index in [2.05, 4.69) is 4.74 Å². The monoisotopic (exact) mass is 232 g/mol. The summed E-state index contributed by atoms with van der Waals surface area (Å²) >= 11 is 0. The lowest BCUT2D eigenvalue weighted by Gasteiger charge is -2.02. The predicted molar refractivity (Wildman–Crippen MR) is 50.5 cm³/mol. The Morgan fingerprint density at radius 2 is 1.87 bits per heavy atom. The maximum atomic E-state index is 12.5. The van der Waals surface area contributed by atoms with Gasteiger partial charge in [0.15, 0.2) is 9.84 Å². The molecule has 0 radical (unpaired) electrons. The highest BCUT2D eigenvalue weighted by Gasteiger charge is 2.13. The zero-order valence-electron chi connectivity index (χ0n) is 7.72. The van der Waals surface area contributed by atoms with E-state index in [0.29, 0.717) is 0 Å². The number of benzene rings is 1. The van der Waals surface area contributed by atoms with Crippen LogP contribution in [0.3, 0.4) is 0 Å². The van der Waals surface area contributed by atoms with Gasteiger partial charge in [-0.1, -0.05) is 0 Å². The maximum absolute atomic E-state index is 12.5. The summed E-state index contributed by atoms with van der Waals surface area (Å²) in [4.78, 5) is 9.82. The molecule has 0 aliphatic carbocycles. The molecule has 0 aliphatic heterocycles. The van der Waals surface area contributed by atoms with Gasteiger partial charge in [0.2, 0.25) is 0 Å². The molecule has 0 N–H and O–H groups in total. The molecule has 4 nitrogen and oxygen atoms in total. The minimum absolute atomic E-state index is 0.0124. The van der Waals surface area contributed by atoms with Crippen LogP contribution in [0.5, 0.6) is 0 Å². The Morgan fingerprint density at radius 3 is 2.40 bits per heavy atom. The number of hydrogen-bond donors (Lipinski definition) is 0. The largest absolute Gasteiger partial charge is 0.467 e. The Balaban J connectivity index is 2.77. The first kappa shape index (κ1) is 11.6. The van der Waals surface area contributed by atoms with Gasteiger partial charge in [-0.15, -0.1) is 0 Å². The van der Waals surface area contributed by atoms with E-state index in [1.54, 1.807) is 0 Å². The zero-order valence-corrected chi connectivity index (χ0v) is 8.54. The average molecular weight is 232 g/mol. The molecule has 0 amide bonds. The van der Waals surface area contributed by atoms with Gasteiger partial charge in [0, 0.05) is 0 Å². The van der Waals surface area contributed by atoms with E-state index in [4.69, 9.17) is 0 Å². The Morgan fingerprint density at radius 1 is 1.27 bits per heavy atom. The van der Waals surface area contributed by atoms with Crippen molar-refractivity contribution in [1.29, 1.82) is 0 Å². The lowest BCUT2D eigenvalue weighted by molar-refractivity contribution is -0.128. The van der Waals surface area contributed by atoms with Gasteiger partial charge in [-0.25, -0.2) is 12.8 Å². The minimum Gasteiger partial charge on any atom is -0.467 e. The molecule has 0 unspecified atom stereocenters. The molecule has 15 heavy (non-hydrogen) atoms. The third-order valence-electron chi connectivity index (χ3n) is 1.71. The van der Waals surface area contributed by atoms with Crippen molar-refractivity contribution < 1.29 is 22.3 Å². The van der Waals surface area contributed by atoms with Crippen LogP contribution in [0.4, 0.5) is 4.39 Å². The van der Waals surface area contributed by atoms with Crippen LogP contribution >= 0.6 is 0 Å². The summed E-state index contributed by atoms with van der Waals surface area (Å²) in [6.45, 7) is -0.0244. The van der Waals surface area contributed by atoms with Crippen molar-refractivity contribution in [2.75, 3.05) is 12.4 Å². The summed E-state index contributed by atoms with van der Waals surface area (Å²) in [6.07, 6.45) is 0. The Bertz CT molecular complexity index is 424. The quantitative estimate of drug-likeness (QED) is 0.427. The molecule has 1 aromatic rings. The van der Waals surface area contributed by atoms with Crippen molar-refractivity contribution >= 4 is 16.3 Å². The van der Waals surface area contributed by atoms with Crippen LogP contribution in [0.1, 0.15) is 0 Å². The number of carbonyl (C=O) groups excluding carboxylic acids is 1. The number of sulfone groups is 1. The lowest BCUT2D eigenvalue weighted by atomic mass is 10.4. The molecule has 0 bridgehead atoms. The Hall–Kier alpha value is -1.43. The van der Waals surface area contributed by atoms with E-state index in [-0.39, 0.29) is 23.7 Å². The van der Waals surface area contributed by atoms with E-state index >= 15 is 0 Å². The number of ether oxygens (including phenoxy) is 1. The highest BCUT2D eigenvalue weighted by atomic mass is 32.2. The van der Waals surface area contributed by atoms with Crippen LogP contribution in [0.15, 0.2) is 29.2 Å². The van der Waals surface area contributed by atoms with Crippen molar-refractivity contribution in [3.63, 3.8) is 0 Å². The van der Waals surface area contributed by atoms with Crippen LogP contribution in [0.2, 0.25) is 0 Å². The van der Waals surface area contributed by atoms with Gasteiger partial charge in [0.05, 0.1) is 10.6 Å². The molecule has 1 rings (SSSR count). The van der Waals surface area contributed by atoms with Gasteiger partial charge >= 0.3 is 0 Å². The lowest BCUT2D eigenvalue weighted by Crippen LogP contribution is -2.12. The van der Waals surface area contributed by atoms with Gasteiger partial charge < -0.3 is 4.74 Å². The first-order valence-electron chi connectivity index (χ1n) is 4.10. The number of rotatable bonds is 5. The summed E-state index contributed by atoms with van der Waals surface area (Å²) in [5.74, 6) is -0.810. The van der Waals surface area contributed by atoms with E-state index in [1.165, 1.54) is 12.1 Å². The van der Waals surface area contributed by atoms with E-state index in [0.717, 1.165) is 12.1 Å². The summed E-state index contributed by atoms with van der Waals surface area (Å²) in [5, 5.41) is 0. The van der Waals surface area contributed by atoms with Gasteiger partial charge in [0.1, 0.15) is 12.4 Å². The first-order valence-corrected chi connectivity index (χ1v) is 5.75.